The fraction of sp³-hybridized carbons (Fsp3) is 0.500. The number of nitrogens with zero attached hydrogens (tertiary/aromatic N) is 1. The van der Waals surface area contributed by atoms with Gasteiger partial charge in [-0.2, -0.15) is 0 Å². The summed E-state index contributed by atoms with van der Waals surface area (Å²) in [5.41, 5.74) is 1.23. The van der Waals surface area contributed by atoms with Gasteiger partial charge >= 0.3 is 0 Å². The molecule has 1 atom stereocenters. The lowest BCUT2D eigenvalue weighted by atomic mass is 10.1. The Morgan fingerprint density at radius 3 is 3.15 bits per heavy atom. The number of rotatable bonds is 2. The third kappa shape index (κ3) is 1.80. The topological polar surface area (TPSA) is 34.1 Å². The van der Waals surface area contributed by atoms with Crippen LogP contribution in [0.25, 0.3) is 0 Å². The molecule has 0 spiro atoms. The van der Waals surface area contributed by atoms with E-state index in [-0.39, 0.29) is 0 Å². The van der Waals surface area contributed by atoms with E-state index >= 15 is 0 Å². The van der Waals surface area contributed by atoms with E-state index in [0.29, 0.717) is 6.04 Å². The van der Waals surface area contributed by atoms with E-state index in [2.05, 4.69) is 16.4 Å². The van der Waals surface area contributed by atoms with Gasteiger partial charge in [-0.05, 0) is 31.0 Å². The van der Waals surface area contributed by atoms with Crippen molar-refractivity contribution >= 4 is 0 Å². The average molecular weight is 178 g/mol. The van der Waals surface area contributed by atoms with E-state index in [1.54, 1.807) is 13.3 Å². The molecule has 3 nitrogen and oxygen atoms in total. The van der Waals surface area contributed by atoms with Crippen LogP contribution in [0, 0.1) is 0 Å². The maximum absolute atomic E-state index is 5.12. The average Bonchev–Trinajstić information content (AvgIpc) is 2.71. The first-order valence-electron chi connectivity index (χ1n) is 4.62. The second kappa shape index (κ2) is 3.75. The molecule has 1 aromatic heterocycles. The molecule has 2 rings (SSSR count). The monoisotopic (exact) mass is 178 g/mol. The minimum Gasteiger partial charge on any atom is -0.495 e. The third-order valence-corrected chi connectivity index (χ3v) is 2.43. The molecule has 1 N–H and O–H groups in total. The standard InChI is InChI=1S/C10H14N2O/c1-13-9-5-8(6-11-7-9)10-3-2-4-12-10/h5-7,10,12H,2-4H2,1H3/t10-/m0/s1. The number of nitrogens with one attached hydrogen (secondary N) is 1. The molecule has 0 saturated carbocycles. The molecule has 0 aliphatic carbocycles. The number of pyridine rings is 1. The van der Waals surface area contributed by atoms with Crippen molar-refractivity contribution < 1.29 is 4.74 Å². The Balaban J connectivity index is 2.18. The highest BCUT2D eigenvalue weighted by molar-refractivity contribution is 5.26. The normalized spacial score (nSPS) is 21.8. The first kappa shape index (κ1) is 8.51. The summed E-state index contributed by atoms with van der Waals surface area (Å²) in [7, 11) is 1.67. The predicted octanol–water partition coefficient (Wildman–Crippen LogP) is 1.51. The van der Waals surface area contributed by atoms with Crippen LogP contribution in [0.1, 0.15) is 24.4 Å². The Morgan fingerprint density at radius 1 is 1.54 bits per heavy atom. The molecule has 1 aliphatic heterocycles. The fourth-order valence-corrected chi connectivity index (χ4v) is 1.71. The summed E-state index contributed by atoms with van der Waals surface area (Å²) in [6.07, 6.45) is 6.10. The van der Waals surface area contributed by atoms with Gasteiger partial charge in [-0.15, -0.1) is 0 Å². The molecule has 1 aliphatic rings. The molecule has 0 bridgehead atoms. The second-order valence-electron chi connectivity index (χ2n) is 3.31. The summed E-state index contributed by atoms with van der Waals surface area (Å²) in [4.78, 5) is 4.14. The molecule has 0 unspecified atom stereocenters. The van der Waals surface area contributed by atoms with Gasteiger partial charge < -0.3 is 10.1 Å². The maximum atomic E-state index is 5.12. The molecule has 0 amide bonds. The Hall–Kier alpha value is -1.09. The molecule has 1 saturated heterocycles. The zero-order chi connectivity index (χ0) is 9.10. The molecular formula is C10H14N2O. The summed E-state index contributed by atoms with van der Waals surface area (Å²) >= 11 is 0. The van der Waals surface area contributed by atoms with Crippen molar-refractivity contribution in [2.75, 3.05) is 13.7 Å². The minimum atomic E-state index is 0.475. The van der Waals surface area contributed by atoms with Crippen molar-refractivity contribution in [1.29, 1.82) is 0 Å². The quantitative estimate of drug-likeness (QED) is 0.745. The Kier molecular flexibility index (Phi) is 2.45. The molecule has 0 radical (unpaired) electrons. The maximum Gasteiger partial charge on any atom is 0.137 e. The van der Waals surface area contributed by atoms with Crippen LogP contribution in [0.5, 0.6) is 5.75 Å². The van der Waals surface area contributed by atoms with Gasteiger partial charge in [0.25, 0.3) is 0 Å². The first-order chi connectivity index (χ1) is 6.40. The highest BCUT2D eigenvalue weighted by Gasteiger charge is 2.16. The van der Waals surface area contributed by atoms with E-state index in [1.807, 2.05) is 6.20 Å². The van der Waals surface area contributed by atoms with Gasteiger partial charge in [0.15, 0.2) is 0 Å². The SMILES string of the molecule is COc1cncc([C@@H]2CCCN2)c1. The molecule has 13 heavy (non-hydrogen) atoms. The van der Waals surface area contributed by atoms with E-state index in [9.17, 15) is 0 Å². The minimum absolute atomic E-state index is 0.475. The van der Waals surface area contributed by atoms with E-state index < -0.39 is 0 Å². The number of ether oxygens (including phenoxy) is 1. The molecule has 1 fully saturated rings. The van der Waals surface area contributed by atoms with Crippen molar-refractivity contribution in [3.8, 4) is 5.75 Å². The largest absolute Gasteiger partial charge is 0.495 e. The molecular weight excluding hydrogens is 164 g/mol. The Morgan fingerprint density at radius 2 is 2.46 bits per heavy atom. The zero-order valence-corrected chi connectivity index (χ0v) is 7.79. The van der Waals surface area contributed by atoms with Crippen molar-refractivity contribution in [2.45, 2.75) is 18.9 Å². The van der Waals surface area contributed by atoms with Gasteiger partial charge in [0.2, 0.25) is 0 Å². The highest BCUT2D eigenvalue weighted by Crippen LogP contribution is 2.24. The lowest BCUT2D eigenvalue weighted by molar-refractivity contribution is 0.411. The summed E-state index contributed by atoms with van der Waals surface area (Å²) < 4.78 is 5.12. The van der Waals surface area contributed by atoms with E-state index in [4.69, 9.17) is 4.74 Å². The summed E-state index contributed by atoms with van der Waals surface area (Å²) in [5, 5.41) is 3.43. The molecule has 2 heterocycles. The predicted molar refractivity (Wildman–Crippen MR) is 50.8 cm³/mol. The van der Waals surface area contributed by atoms with Gasteiger partial charge in [0.05, 0.1) is 13.3 Å². The van der Waals surface area contributed by atoms with Crippen molar-refractivity contribution in [1.82, 2.24) is 10.3 Å². The summed E-state index contributed by atoms with van der Waals surface area (Å²) in [6, 6.07) is 2.53. The molecule has 1 aromatic rings. The van der Waals surface area contributed by atoms with Crippen LogP contribution in [0.4, 0.5) is 0 Å². The van der Waals surface area contributed by atoms with E-state index in [1.165, 1.54) is 18.4 Å². The second-order valence-corrected chi connectivity index (χ2v) is 3.31. The van der Waals surface area contributed by atoms with Gasteiger partial charge in [-0.25, -0.2) is 0 Å². The lowest BCUT2D eigenvalue weighted by Crippen LogP contribution is -2.12. The number of hydrogen-bond donors (Lipinski definition) is 1. The Labute approximate surface area is 78.1 Å². The molecule has 0 aromatic carbocycles. The number of hydrogen-bond acceptors (Lipinski definition) is 3. The van der Waals surface area contributed by atoms with Crippen molar-refractivity contribution in [2.24, 2.45) is 0 Å². The van der Waals surface area contributed by atoms with Gasteiger partial charge in [-0.1, -0.05) is 0 Å². The van der Waals surface area contributed by atoms with Crippen LogP contribution in [-0.2, 0) is 0 Å². The Bertz CT molecular complexity index is 282. The highest BCUT2D eigenvalue weighted by atomic mass is 16.5. The fourth-order valence-electron chi connectivity index (χ4n) is 1.71. The molecule has 3 heteroatoms. The van der Waals surface area contributed by atoms with Crippen LogP contribution < -0.4 is 10.1 Å². The van der Waals surface area contributed by atoms with Crippen molar-refractivity contribution in [3.63, 3.8) is 0 Å². The first-order valence-corrected chi connectivity index (χ1v) is 4.62. The van der Waals surface area contributed by atoms with Crippen LogP contribution in [0.3, 0.4) is 0 Å². The third-order valence-electron chi connectivity index (χ3n) is 2.43. The number of aromatic nitrogens is 1. The van der Waals surface area contributed by atoms with Crippen LogP contribution in [-0.4, -0.2) is 18.6 Å². The summed E-state index contributed by atoms with van der Waals surface area (Å²) in [5.74, 6) is 0.839. The molecule has 70 valence electrons. The zero-order valence-electron chi connectivity index (χ0n) is 7.79. The van der Waals surface area contributed by atoms with Gasteiger partial charge in [0.1, 0.15) is 5.75 Å². The van der Waals surface area contributed by atoms with Crippen LogP contribution in [0.2, 0.25) is 0 Å². The van der Waals surface area contributed by atoms with E-state index in [0.717, 1.165) is 12.3 Å². The smallest absolute Gasteiger partial charge is 0.137 e. The van der Waals surface area contributed by atoms with Gasteiger partial charge in [-0.3, -0.25) is 4.98 Å². The number of methoxy groups -OCH3 is 1. The van der Waals surface area contributed by atoms with Gasteiger partial charge in [0, 0.05) is 12.2 Å². The van der Waals surface area contributed by atoms with Crippen LogP contribution >= 0.6 is 0 Å². The summed E-state index contributed by atoms with van der Waals surface area (Å²) in [6.45, 7) is 1.11. The van der Waals surface area contributed by atoms with Crippen LogP contribution in [0.15, 0.2) is 18.5 Å². The van der Waals surface area contributed by atoms with Crippen molar-refractivity contribution in [3.05, 3.63) is 24.0 Å². The lowest BCUT2D eigenvalue weighted by Gasteiger charge is -2.10.